The molecule has 4 heteroatoms. The molecule has 2 N–H and O–H groups in total. The molecule has 0 saturated carbocycles. The highest BCUT2D eigenvalue weighted by Gasteiger charge is 2.29. The lowest BCUT2D eigenvalue weighted by molar-refractivity contribution is 0.144. The minimum atomic E-state index is -0.234. The van der Waals surface area contributed by atoms with Gasteiger partial charge in [-0.15, -0.1) is 0 Å². The van der Waals surface area contributed by atoms with E-state index in [4.69, 9.17) is 0 Å². The van der Waals surface area contributed by atoms with Gasteiger partial charge < -0.3 is 15.1 Å². The Kier molecular flexibility index (Phi) is 5.22. The maximum absolute atomic E-state index is 9.59. The molecule has 4 nitrogen and oxygen atoms in total. The Morgan fingerprint density at radius 2 is 1.82 bits per heavy atom. The van der Waals surface area contributed by atoms with Crippen molar-refractivity contribution < 1.29 is 10.2 Å². The third-order valence-corrected chi connectivity index (χ3v) is 4.08. The first-order valence-electron chi connectivity index (χ1n) is 7.05. The summed E-state index contributed by atoms with van der Waals surface area (Å²) in [6.07, 6.45) is 5.75. The zero-order valence-electron chi connectivity index (χ0n) is 10.7. The van der Waals surface area contributed by atoms with Crippen LogP contribution in [0.2, 0.25) is 0 Å². The maximum Gasteiger partial charge on any atom is 0.0683 e. The lowest BCUT2D eigenvalue weighted by atomic mass is 10.1. The molecular weight excluding hydrogens is 216 g/mol. The molecular formula is C13H26N2O2. The largest absolute Gasteiger partial charge is 0.395 e. The number of nitrogens with zero attached hydrogens (tertiary/aromatic N) is 2. The highest BCUT2D eigenvalue weighted by molar-refractivity contribution is 4.84. The average molecular weight is 242 g/mol. The molecule has 0 bridgehead atoms. The third-order valence-electron chi connectivity index (χ3n) is 4.08. The summed E-state index contributed by atoms with van der Waals surface area (Å²) in [6, 6.07) is 0.186. The first-order valence-corrected chi connectivity index (χ1v) is 7.05. The summed E-state index contributed by atoms with van der Waals surface area (Å²) in [7, 11) is 0. The third kappa shape index (κ3) is 3.91. The molecule has 0 radical (unpaired) electrons. The van der Waals surface area contributed by atoms with Gasteiger partial charge in [0.05, 0.1) is 12.7 Å². The fourth-order valence-electron chi connectivity index (χ4n) is 3.10. The number of aliphatic hydroxyl groups is 2. The molecule has 2 atom stereocenters. The van der Waals surface area contributed by atoms with Gasteiger partial charge in [-0.2, -0.15) is 0 Å². The minimum absolute atomic E-state index is 0.181. The zero-order valence-corrected chi connectivity index (χ0v) is 10.7. The number of hydrogen-bond acceptors (Lipinski definition) is 4. The van der Waals surface area contributed by atoms with Crippen LogP contribution in [0.15, 0.2) is 0 Å². The summed E-state index contributed by atoms with van der Waals surface area (Å²) >= 11 is 0. The number of piperidine rings is 1. The molecule has 17 heavy (non-hydrogen) atoms. The number of hydrogen-bond donors (Lipinski definition) is 2. The molecule has 2 heterocycles. The van der Waals surface area contributed by atoms with Crippen molar-refractivity contribution in [1.82, 2.24) is 9.80 Å². The van der Waals surface area contributed by atoms with E-state index in [2.05, 4.69) is 9.80 Å². The SMILES string of the molecule is OCC1CC(O)CN1CCCN1CCCCC1. The summed E-state index contributed by atoms with van der Waals surface area (Å²) < 4.78 is 0. The van der Waals surface area contributed by atoms with Gasteiger partial charge in [-0.25, -0.2) is 0 Å². The van der Waals surface area contributed by atoms with E-state index >= 15 is 0 Å². The van der Waals surface area contributed by atoms with Gasteiger partial charge in [0.25, 0.3) is 0 Å². The quantitative estimate of drug-likeness (QED) is 0.727. The molecule has 2 unspecified atom stereocenters. The van der Waals surface area contributed by atoms with E-state index in [0.717, 1.165) is 25.9 Å². The van der Waals surface area contributed by atoms with Crippen molar-refractivity contribution in [1.29, 1.82) is 0 Å². The number of rotatable bonds is 5. The first-order chi connectivity index (χ1) is 8.29. The highest BCUT2D eigenvalue weighted by Crippen LogP contribution is 2.18. The van der Waals surface area contributed by atoms with Crippen LogP contribution < -0.4 is 0 Å². The molecule has 0 aromatic rings. The van der Waals surface area contributed by atoms with Crippen LogP contribution >= 0.6 is 0 Å². The van der Waals surface area contributed by atoms with Crippen LogP contribution in [0.4, 0.5) is 0 Å². The van der Waals surface area contributed by atoms with Crippen LogP contribution in [-0.4, -0.2) is 71.5 Å². The van der Waals surface area contributed by atoms with Gasteiger partial charge >= 0.3 is 0 Å². The van der Waals surface area contributed by atoms with E-state index < -0.39 is 0 Å². The van der Waals surface area contributed by atoms with E-state index in [9.17, 15) is 10.2 Å². The van der Waals surface area contributed by atoms with E-state index in [1.165, 1.54) is 38.9 Å². The van der Waals surface area contributed by atoms with Gasteiger partial charge in [0.1, 0.15) is 0 Å². The lowest BCUT2D eigenvalue weighted by Crippen LogP contribution is -2.36. The molecule has 100 valence electrons. The maximum atomic E-state index is 9.59. The molecule has 2 aliphatic heterocycles. The number of β-amino-alcohol motifs (C(OH)–C–C–N with tert-alkyl or cyclic N) is 1. The fourth-order valence-corrected chi connectivity index (χ4v) is 3.10. The zero-order chi connectivity index (χ0) is 12.1. The Labute approximate surface area is 104 Å². The van der Waals surface area contributed by atoms with E-state index in [-0.39, 0.29) is 18.8 Å². The van der Waals surface area contributed by atoms with Gasteiger partial charge in [-0.1, -0.05) is 6.42 Å². The van der Waals surface area contributed by atoms with Crippen LogP contribution in [0.25, 0.3) is 0 Å². The van der Waals surface area contributed by atoms with E-state index in [1.807, 2.05) is 0 Å². The van der Waals surface area contributed by atoms with E-state index in [1.54, 1.807) is 0 Å². The van der Waals surface area contributed by atoms with Gasteiger partial charge in [0, 0.05) is 12.6 Å². The summed E-state index contributed by atoms with van der Waals surface area (Å²) in [5, 5.41) is 18.8. The Hall–Kier alpha value is -0.160. The molecule has 0 aromatic carbocycles. The van der Waals surface area contributed by atoms with Gasteiger partial charge in [0.2, 0.25) is 0 Å². The van der Waals surface area contributed by atoms with Crippen molar-refractivity contribution in [3.8, 4) is 0 Å². The Bertz CT molecular complexity index is 219. The van der Waals surface area contributed by atoms with Crippen LogP contribution in [0.1, 0.15) is 32.1 Å². The fraction of sp³-hybridized carbons (Fsp3) is 1.00. The van der Waals surface area contributed by atoms with Crippen molar-refractivity contribution >= 4 is 0 Å². The highest BCUT2D eigenvalue weighted by atomic mass is 16.3. The standard InChI is InChI=1S/C13H26N2O2/c16-11-12-9-13(17)10-15(12)8-4-7-14-5-2-1-3-6-14/h12-13,16-17H,1-11H2. The summed E-state index contributed by atoms with van der Waals surface area (Å²) in [6.45, 7) is 5.62. The monoisotopic (exact) mass is 242 g/mol. The van der Waals surface area contributed by atoms with Crippen LogP contribution in [0.3, 0.4) is 0 Å². The molecule has 2 rings (SSSR count). The van der Waals surface area contributed by atoms with Crippen molar-refractivity contribution in [3.63, 3.8) is 0 Å². The molecule has 2 saturated heterocycles. The topological polar surface area (TPSA) is 46.9 Å². The molecule has 0 spiro atoms. The Morgan fingerprint density at radius 3 is 2.53 bits per heavy atom. The second kappa shape index (κ2) is 6.69. The summed E-state index contributed by atoms with van der Waals surface area (Å²) in [5.74, 6) is 0. The van der Waals surface area contributed by atoms with Crippen molar-refractivity contribution in [2.75, 3.05) is 39.3 Å². The molecule has 2 fully saturated rings. The van der Waals surface area contributed by atoms with Gasteiger partial charge in [0.15, 0.2) is 0 Å². The van der Waals surface area contributed by atoms with Crippen molar-refractivity contribution in [2.45, 2.75) is 44.2 Å². The lowest BCUT2D eigenvalue weighted by Gasteiger charge is -2.28. The summed E-state index contributed by atoms with van der Waals surface area (Å²) in [5.41, 5.74) is 0. The average Bonchev–Trinajstić information content (AvgIpc) is 2.71. The second-order valence-corrected chi connectivity index (χ2v) is 5.48. The van der Waals surface area contributed by atoms with Crippen LogP contribution in [0, 0.1) is 0 Å². The summed E-state index contributed by atoms with van der Waals surface area (Å²) in [4.78, 5) is 4.79. The predicted molar refractivity (Wildman–Crippen MR) is 68.0 cm³/mol. The van der Waals surface area contributed by atoms with E-state index in [0.29, 0.717) is 0 Å². The molecule has 0 amide bonds. The van der Waals surface area contributed by atoms with Gasteiger partial charge in [-0.3, -0.25) is 4.90 Å². The molecule has 0 aliphatic carbocycles. The smallest absolute Gasteiger partial charge is 0.0683 e. The number of aliphatic hydroxyl groups excluding tert-OH is 2. The minimum Gasteiger partial charge on any atom is -0.395 e. The van der Waals surface area contributed by atoms with Crippen molar-refractivity contribution in [2.24, 2.45) is 0 Å². The van der Waals surface area contributed by atoms with Crippen LogP contribution in [0.5, 0.6) is 0 Å². The van der Waals surface area contributed by atoms with Gasteiger partial charge in [-0.05, 0) is 51.9 Å². The normalized spacial score (nSPS) is 32.1. The second-order valence-electron chi connectivity index (χ2n) is 5.48. The number of likely N-dealkylation sites (tertiary alicyclic amines) is 2. The van der Waals surface area contributed by atoms with Crippen LogP contribution in [-0.2, 0) is 0 Å². The predicted octanol–water partition coefficient (Wildman–Crippen LogP) is 0.290. The first kappa shape index (κ1) is 13.3. The Morgan fingerprint density at radius 1 is 1.06 bits per heavy atom. The Balaban J connectivity index is 1.63. The van der Waals surface area contributed by atoms with Crippen molar-refractivity contribution in [3.05, 3.63) is 0 Å². The molecule has 2 aliphatic rings. The molecule has 0 aromatic heterocycles.